The lowest BCUT2D eigenvalue weighted by Gasteiger charge is -2.26. The van der Waals surface area contributed by atoms with Crippen molar-refractivity contribution in [1.29, 1.82) is 0 Å². The van der Waals surface area contributed by atoms with Gasteiger partial charge in [-0.15, -0.1) is 0 Å². The molecule has 3 aromatic rings. The van der Waals surface area contributed by atoms with Crippen LogP contribution in [0.25, 0.3) is 5.69 Å². The van der Waals surface area contributed by atoms with Crippen molar-refractivity contribution in [3.05, 3.63) is 81.3 Å². The number of fused-ring (bicyclic) bond motifs is 1. The highest BCUT2D eigenvalue weighted by molar-refractivity contribution is 7.89. The second-order valence-corrected chi connectivity index (χ2v) is 10.3. The number of hydrogen-bond acceptors (Lipinski definition) is 3. The first kappa shape index (κ1) is 21.6. The van der Waals surface area contributed by atoms with Gasteiger partial charge >= 0.3 is 0 Å². The summed E-state index contributed by atoms with van der Waals surface area (Å²) in [7, 11) is -1.84. The summed E-state index contributed by atoms with van der Waals surface area (Å²) < 4.78 is 32.4. The Morgan fingerprint density at radius 1 is 1.06 bits per heavy atom. The van der Waals surface area contributed by atoms with Crippen molar-refractivity contribution in [2.24, 2.45) is 7.05 Å². The van der Waals surface area contributed by atoms with Gasteiger partial charge in [-0.2, -0.15) is 0 Å². The van der Waals surface area contributed by atoms with Gasteiger partial charge in [-0.25, -0.2) is 17.8 Å². The van der Waals surface area contributed by atoms with Crippen molar-refractivity contribution in [3.8, 4) is 5.69 Å². The van der Waals surface area contributed by atoms with Gasteiger partial charge in [0.05, 0.1) is 10.6 Å². The SMILES string of the molecule is Cc1c(C(C)C)c(=O)n(-c2ccc(S(=O)(=O)NC3CCCc4ccccc43)cc2)n1C. The van der Waals surface area contributed by atoms with Gasteiger partial charge in [0.15, 0.2) is 0 Å². The molecule has 1 aliphatic rings. The molecule has 6 nitrogen and oxygen atoms in total. The Kier molecular flexibility index (Phi) is 5.66. The third-order valence-electron chi connectivity index (χ3n) is 6.23. The standard InChI is InChI=1S/C24H29N3O3S/c1-16(2)23-17(3)26(4)27(24(23)28)19-12-14-20(15-13-19)31(29,30)25-22-11-7-9-18-8-5-6-10-21(18)22/h5-6,8,10,12-16,22,25H,7,9,11H2,1-4H3. The van der Waals surface area contributed by atoms with Crippen molar-refractivity contribution in [3.63, 3.8) is 0 Å². The monoisotopic (exact) mass is 439 g/mol. The molecule has 0 spiro atoms. The van der Waals surface area contributed by atoms with Crippen LogP contribution < -0.4 is 10.3 Å². The van der Waals surface area contributed by atoms with Crippen LogP contribution in [0, 0.1) is 6.92 Å². The number of aryl methyl sites for hydroxylation is 1. The summed E-state index contributed by atoms with van der Waals surface area (Å²) in [6.45, 7) is 5.93. The molecule has 0 fully saturated rings. The summed E-state index contributed by atoms with van der Waals surface area (Å²) in [5, 5.41) is 0. The molecule has 0 saturated heterocycles. The van der Waals surface area contributed by atoms with E-state index in [1.165, 1.54) is 5.56 Å². The molecule has 0 aliphatic heterocycles. The first-order valence-corrected chi connectivity index (χ1v) is 12.2. The quantitative estimate of drug-likeness (QED) is 0.654. The highest BCUT2D eigenvalue weighted by atomic mass is 32.2. The van der Waals surface area contributed by atoms with E-state index in [1.54, 1.807) is 28.9 Å². The van der Waals surface area contributed by atoms with Crippen LogP contribution in [0.15, 0.2) is 58.2 Å². The topological polar surface area (TPSA) is 73.1 Å². The molecular formula is C24H29N3O3S. The lowest BCUT2D eigenvalue weighted by molar-refractivity contribution is 0.507. The largest absolute Gasteiger partial charge is 0.285 e. The van der Waals surface area contributed by atoms with Crippen molar-refractivity contribution >= 4 is 10.0 Å². The molecule has 2 aromatic carbocycles. The Labute approximate surface area is 183 Å². The van der Waals surface area contributed by atoms with E-state index in [2.05, 4.69) is 10.8 Å². The number of nitrogens with zero attached hydrogens (tertiary/aromatic N) is 2. The smallest absolute Gasteiger partial charge is 0.275 e. The summed E-state index contributed by atoms with van der Waals surface area (Å²) in [4.78, 5) is 13.1. The highest BCUT2D eigenvalue weighted by Crippen LogP contribution is 2.31. The van der Waals surface area contributed by atoms with Crippen LogP contribution in [0.5, 0.6) is 0 Å². The number of aromatic nitrogens is 2. The summed E-state index contributed by atoms with van der Waals surface area (Å²) >= 11 is 0. The fourth-order valence-corrected chi connectivity index (χ4v) is 5.83. The van der Waals surface area contributed by atoms with Crippen LogP contribution in [0.1, 0.15) is 61.0 Å². The second-order valence-electron chi connectivity index (χ2n) is 8.55. The van der Waals surface area contributed by atoms with E-state index in [0.717, 1.165) is 36.1 Å². The maximum absolute atomic E-state index is 13.1. The van der Waals surface area contributed by atoms with Gasteiger partial charge in [-0.1, -0.05) is 38.1 Å². The first-order chi connectivity index (χ1) is 14.7. The number of benzene rings is 2. The van der Waals surface area contributed by atoms with Gasteiger partial charge in [-0.3, -0.25) is 9.48 Å². The minimum absolute atomic E-state index is 0.0671. The van der Waals surface area contributed by atoms with Gasteiger partial charge in [0.1, 0.15) is 0 Å². The van der Waals surface area contributed by atoms with Crippen LogP contribution in [-0.4, -0.2) is 17.8 Å². The molecule has 7 heteroatoms. The summed E-state index contributed by atoms with van der Waals surface area (Å²) in [6.07, 6.45) is 2.72. The Hall–Kier alpha value is -2.64. The van der Waals surface area contributed by atoms with Crippen molar-refractivity contribution in [2.75, 3.05) is 0 Å². The van der Waals surface area contributed by atoms with Crippen molar-refractivity contribution < 1.29 is 8.42 Å². The van der Waals surface area contributed by atoms with E-state index in [1.807, 2.05) is 50.7 Å². The minimum atomic E-state index is -3.68. The molecule has 1 aliphatic carbocycles. The van der Waals surface area contributed by atoms with Crippen LogP contribution in [0.2, 0.25) is 0 Å². The molecular weight excluding hydrogens is 410 g/mol. The Balaban J connectivity index is 1.64. The highest BCUT2D eigenvalue weighted by Gasteiger charge is 2.26. The Bertz CT molecular complexity index is 1270. The third kappa shape index (κ3) is 3.88. The maximum atomic E-state index is 13.1. The number of nitrogens with one attached hydrogen (secondary N) is 1. The molecule has 0 radical (unpaired) electrons. The summed E-state index contributed by atoms with van der Waals surface area (Å²) in [5.41, 5.74) is 4.52. The fourth-order valence-electron chi connectivity index (χ4n) is 4.58. The van der Waals surface area contributed by atoms with Gasteiger partial charge < -0.3 is 0 Å². The lowest BCUT2D eigenvalue weighted by atomic mass is 9.88. The van der Waals surface area contributed by atoms with E-state index < -0.39 is 10.0 Å². The van der Waals surface area contributed by atoms with Crippen LogP contribution in [0.3, 0.4) is 0 Å². The van der Waals surface area contributed by atoms with E-state index in [4.69, 9.17) is 0 Å². The molecule has 4 rings (SSSR count). The zero-order valence-electron chi connectivity index (χ0n) is 18.4. The van der Waals surface area contributed by atoms with Crippen molar-refractivity contribution in [1.82, 2.24) is 14.1 Å². The van der Waals surface area contributed by atoms with Gasteiger partial charge in [0.25, 0.3) is 5.56 Å². The third-order valence-corrected chi connectivity index (χ3v) is 7.72. The molecule has 1 N–H and O–H groups in total. The average Bonchev–Trinajstić information content (AvgIpc) is 2.96. The molecule has 0 saturated carbocycles. The number of rotatable bonds is 5. The molecule has 1 atom stereocenters. The minimum Gasteiger partial charge on any atom is -0.285 e. The van der Waals surface area contributed by atoms with E-state index in [9.17, 15) is 13.2 Å². The molecule has 0 amide bonds. The molecule has 1 unspecified atom stereocenters. The normalized spacial score (nSPS) is 16.5. The molecule has 1 aromatic heterocycles. The van der Waals surface area contributed by atoms with E-state index in [0.29, 0.717) is 5.69 Å². The van der Waals surface area contributed by atoms with Gasteiger partial charge in [0, 0.05) is 24.3 Å². The molecule has 164 valence electrons. The summed E-state index contributed by atoms with van der Waals surface area (Å²) in [6, 6.07) is 14.3. The van der Waals surface area contributed by atoms with Crippen LogP contribution in [-0.2, 0) is 23.5 Å². The zero-order chi connectivity index (χ0) is 22.3. The van der Waals surface area contributed by atoms with Gasteiger partial charge in [0.2, 0.25) is 10.0 Å². The lowest BCUT2D eigenvalue weighted by Crippen LogP contribution is -2.31. The molecule has 1 heterocycles. The predicted molar refractivity (Wildman–Crippen MR) is 122 cm³/mol. The molecule has 31 heavy (non-hydrogen) atoms. The van der Waals surface area contributed by atoms with Crippen LogP contribution >= 0.6 is 0 Å². The Morgan fingerprint density at radius 3 is 2.39 bits per heavy atom. The predicted octanol–water partition coefficient (Wildman–Crippen LogP) is 3.96. The fraction of sp³-hybridized carbons (Fsp3) is 0.375. The van der Waals surface area contributed by atoms with Crippen LogP contribution in [0.4, 0.5) is 0 Å². The summed E-state index contributed by atoms with van der Waals surface area (Å²) in [5.74, 6) is 0.113. The second kappa shape index (κ2) is 8.13. The average molecular weight is 440 g/mol. The zero-order valence-corrected chi connectivity index (χ0v) is 19.2. The maximum Gasteiger partial charge on any atom is 0.275 e. The van der Waals surface area contributed by atoms with Gasteiger partial charge in [-0.05, 0) is 67.5 Å². The van der Waals surface area contributed by atoms with E-state index in [-0.39, 0.29) is 22.4 Å². The first-order valence-electron chi connectivity index (χ1n) is 10.7. The molecule has 0 bridgehead atoms. The van der Waals surface area contributed by atoms with Crippen molar-refractivity contribution in [2.45, 2.75) is 56.9 Å². The number of sulfonamides is 1. The Morgan fingerprint density at radius 2 is 1.74 bits per heavy atom. The van der Waals surface area contributed by atoms with E-state index >= 15 is 0 Å². The number of hydrogen-bond donors (Lipinski definition) is 1.